The van der Waals surface area contributed by atoms with Gasteiger partial charge in [0, 0.05) is 19.1 Å². The lowest BCUT2D eigenvalue weighted by Gasteiger charge is -2.26. The molecule has 0 spiro atoms. The number of aliphatic hydroxyl groups excluding tert-OH is 1. The van der Waals surface area contributed by atoms with Crippen molar-refractivity contribution in [1.82, 2.24) is 10.2 Å². The molecule has 2 N–H and O–H groups in total. The van der Waals surface area contributed by atoms with E-state index in [1.165, 1.54) is 0 Å². The van der Waals surface area contributed by atoms with Gasteiger partial charge in [0.25, 0.3) is 0 Å². The Morgan fingerprint density at radius 1 is 1.45 bits per heavy atom. The zero-order chi connectivity index (χ0) is 14.1. The van der Waals surface area contributed by atoms with Crippen LogP contribution in [0.25, 0.3) is 0 Å². The first-order chi connectivity index (χ1) is 9.69. The van der Waals surface area contributed by atoms with E-state index >= 15 is 0 Å². The number of methoxy groups -OCH3 is 1. The molecule has 2 heterocycles. The van der Waals surface area contributed by atoms with Gasteiger partial charge in [0.2, 0.25) is 0 Å². The van der Waals surface area contributed by atoms with Crippen LogP contribution in [0.4, 0.5) is 0 Å². The molecule has 1 aromatic rings. The molecule has 3 rings (SSSR count). The summed E-state index contributed by atoms with van der Waals surface area (Å²) in [5.41, 5.74) is 0.937. The highest BCUT2D eigenvalue weighted by Crippen LogP contribution is 2.33. The lowest BCUT2D eigenvalue weighted by molar-refractivity contribution is 0.103. The van der Waals surface area contributed by atoms with E-state index in [0.717, 1.165) is 42.8 Å². The first-order valence-electron chi connectivity index (χ1n) is 7.46. The van der Waals surface area contributed by atoms with Crippen molar-refractivity contribution in [2.75, 3.05) is 33.3 Å². The van der Waals surface area contributed by atoms with Crippen molar-refractivity contribution in [1.29, 1.82) is 0 Å². The summed E-state index contributed by atoms with van der Waals surface area (Å²) >= 11 is 0. The van der Waals surface area contributed by atoms with Gasteiger partial charge in [-0.1, -0.05) is 12.1 Å². The average Bonchev–Trinajstić information content (AvgIpc) is 3.03. The highest BCUT2D eigenvalue weighted by molar-refractivity contribution is 5.30. The van der Waals surface area contributed by atoms with E-state index in [9.17, 15) is 5.11 Å². The van der Waals surface area contributed by atoms with Crippen LogP contribution < -0.4 is 10.1 Å². The van der Waals surface area contributed by atoms with Crippen LogP contribution in [0.15, 0.2) is 24.3 Å². The Bertz CT molecular complexity index is 466. The Morgan fingerprint density at radius 2 is 2.30 bits per heavy atom. The molecule has 2 aliphatic rings. The number of likely N-dealkylation sites (tertiary alicyclic amines) is 1. The molecule has 0 aliphatic carbocycles. The summed E-state index contributed by atoms with van der Waals surface area (Å²) in [7, 11) is 1.65. The number of aliphatic hydroxyl groups is 1. The highest BCUT2D eigenvalue weighted by Gasteiger charge is 2.42. The number of hydrogen-bond donors (Lipinski definition) is 2. The molecule has 0 bridgehead atoms. The number of rotatable bonds is 4. The van der Waals surface area contributed by atoms with Gasteiger partial charge in [0.1, 0.15) is 5.75 Å². The Labute approximate surface area is 120 Å². The van der Waals surface area contributed by atoms with E-state index in [2.05, 4.69) is 17.1 Å². The zero-order valence-corrected chi connectivity index (χ0v) is 12.2. The molecular weight excluding hydrogens is 252 g/mol. The molecule has 110 valence electrons. The second kappa shape index (κ2) is 5.72. The van der Waals surface area contributed by atoms with Crippen LogP contribution in [-0.4, -0.2) is 49.3 Å². The molecule has 2 fully saturated rings. The number of nitrogens with one attached hydrogen (secondary N) is 1. The number of hydrogen-bond acceptors (Lipinski definition) is 4. The lowest BCUT2D eigenvalue weighted by Crippen LogP contribution is -2.36. The van der Waals surface area contributed by atoms with Crippen LogP contribution in [0, 0.1) is 11.8 Å². The second-order valence-electron chi connectivity index (χ2n) is 6.07. The Kier molecular flexibility index (Phi) is 3.96. The molecule has 0 aromatic heterocycles. The smallest absolute Gasteiger partial charge is 0.119 e. The summed E-state index contributed by atoms with van der Waals surface area (Å²) in [6.45, 7) is 6.34. The normalized spacial score (nSPS) is 31.2. The van der Waals surface area contributed by atoms with Gasteiger partial charge in [-0.3, -0.25) is 4.90 Å². The van der Waals surface area contributed by atoms with E-state index < -0.39 is 6.10 Å². The maximum absolute atomic E-state index is 10.5. The summed E-state index contributed by atoms with van der Waals surface area (Å²) in [4.78, 5) is 2.43. The third-order valence-electron chi connectivity index (χ3n) is 4.94. The minimum Gasteiger partial charge on any atom is -0.497 e. The van der Waals surface area contributed by atoms with Gasteiger partial charge in [0.15, 0.2) is 0 Å². The zero-order valence-electron chi connectivity index (χ0n) is 12.2. The number of β-amino-alcohol motifs (C(OH)–C–C–N with tert-alkyl or cyclic N) is 1. The fourth-order valence-corrected chi connectivity index (χ4v) is 3.67. The van der Waals surface area contributed by atoms with E-state index in [1.54, 1.807) is 7.11 Å². The van der Waals surface area contributed by atoms with Gasteiger partial charge in [-0.25, -0.2) is 0 Å². The van der Waals surface area contributed by atoms with Crippen molar-refractivity contribution in [2.45, 2.75) is 19.1 Å². The molecule has 0 saturated carbocycles. The third-order valence-corrected chi connectivity index (χ3v) is 4.94. The summed E-state index contributed by atoms with van der Waals surface area (Å²) < 4.78 is 5.22. The maximum atomic E-state index is 10.5. The topological polar surface area (TPSA) is 44.7 Å². The fraction of sp³-hybridized carbons (Fsp3) is 0.625. The SMILES string of the molecule is COc1cccc(C(O)CN2CC3CNCC3C2C)c1. The summed E-state index contributed by atoms with van der Waals surface area (Å²) in [5.74, 6) is 2.30. The van der Waals surface area contributed by atoms with Crippen molar-refractivity contribution in [3.05, 3.63) is 29.8 Å². The fourth-order valence-electron chi connectivity index (χ4n) is 3.67. The number of benzene rings is 1. The van der Waals surface area contributed by atoms with Crippen molar-refractivity contribution < 1.29 is 9.84 Å². The minimum absolute atomic E-state index is 0.445. The van der Waals surface area contributed by atoms with E-state index in [-0.39, 0.29) is 0 Å². The van der Waals surface area contributed by atoms with E-state index in [4.69, 9.17) is 4.74 Å². The van der Waals surface area contributed by atoms with Gasteiger partial charge >= 0.3 is 0 Å². The Hall–Kier alpha value is -1.10. The number of fused-ring (bicyclic) bond motifs is 1. The van der Waals surface area contributed by atoms with Gasteiger partial charge in [-0.05, 0) is 49.5 Å². The van der Waals surface area contributed by atoms with Crippen LogP contribution >= 0.6 is 0 Å². The Morgan fingerprint density at radius 3 is 3.05 bits per heavy atom. The van der Waals surface area contributed by atoms with Crippen LogP contribution in [-0.2, 0) is 0 Å². The standard InChI is InChI=1S/C16H24N2O2/c1-11-15-8-17-7-13(15)9-18(11)10-16(19)12-4-3-5-14(6-12)20-2/h3-6,11,13,15-17,19H,7-10H2,1-2H3. The summed E-state index contributed by atoms with van der Waals surface area (Å²) in [5, 5.41) is 13.9. The molecule has 4 heteroatoms. The lowest BCUT2D eigenvalue weighted by atomic mass is 9.95. The van der Waals surface area contributed by atoms with E-state index in [1.807, 2.05) is 24.3 Å². The molecule has 0 amide bonds. The molecule has 0 radical (unpaired) electrons. The van der Waals surface area contributed by atoms with Gasteiger partial charge in [-0.2, -0.15) is 0 Å². The van der Waals surface area contributed by atoms with Crippen LogP contribution in [0.1, 0.15) is 18.6 Å². The summed E-state index contributed by atoms with van der Waals surface area (Å²) in [6, 6.07) is 8.29. The van der Waals surface area contributed by atoms with Crippen LogP contribution in [0.3, 0.4) is 0 Å². The van der Waals surface area contributed by atoms with Crippen molar-refractivity contribution in [3.8, 4) is 5.75 Å². The maximum Gasteiger partial charge on any atom is 0.119 e. The molecule has 1 aromatic carbocycles. The van der Waals surface area contributed by atoms with Crippen molar-refractivity contribution >= 4 is 0 Å². The number of nitrogens with zero attached hydrogens (tertiary/aromatic N) is 1. The minimum atomic E-state index is -0.445. The van der Waals surface area contributed by atoms with Crippen molar-refractivity contribution in [3.63, 3.8) is 0 Å². The average molecular weight is 276 g/mol. The predicted octanol–water partition coefficient (Wildman–Crippen LogP) is 1.27. The largest absolute Gasteiger partial charge is 0.497 e. The van der Waals surface area contributed by atoms with Gasteiger partial charge in [-0.15, -0.1) is 0 Å². The quantitative estimate of drug-likeness (QED) is 0.869. The molecular formula is C16H24N2O2. The predicted molar refractivity (Wildman–Crippen MR) is 78.8 cm³/mol. The van der Waals surface area contributed by atoms with Crippen LogP contribution in [0.5, 0.6) is 5.75 Å². The van der Waals surface area contributed by atoms with Crippen molar-refractivity contribution in [2.24, 2.45) is 11.8 Å². The molecule has 20 heavy (non-hydrogen) atoms. The molecule has 4 unspecified atom stereocenters. The first-order valence-corrected chi connectivity index (χ1v) is 7.46. The Balaban J connectivity index is 1.65. The second-order valence-corrected chi connectivity index (χ2v) is 6.07. The third kappa shape index (κ3) is 2.55. The van der Waals surface area contributed by atoms with Crippen LogP contribution in [0.2, 0.25) is 0 Å². The molecule has 4 nitrogen and oxygen atoms in total. The molecule has 2 saturated heterocycles. The van der Waals surface area contributed by atoms with E-state index in [0.29, 0.717) is 12.6 Å². The van der Waals surface area contributed by atoms with Gasteiger partial charge in [0.05, 0.1) is 13.2 Å². The van der Waals surface area contributed by atoms with Gasteiger partial charge < -0.3 is 15.2 Å². The molecule has 4 atom stereocenters. The monoisotopic (exact) mass is 276 g/mol. The molecule has 2 aliphatic heterocycles. The number of ether oxygens (including phenoxy) is 1. The first kappa shape index (κ1) is 13.9. The summed E-state index contributed by atoms with van der Waals surface area (Å²) in [6.07, 6.45) is -0.445. The highest BCUT2D eigenvalue weighted by atomic mass is 16.5.